The zero-order valence-corrected chi connectivity index (χ0v) is 10.8. The van der Waals surface area contributed by atoms with Crippen molar-refractivity contribution in [3.05, 3.63) is 35.9 Å². The van der Waals surface area contributed by atoms with Crippen LogP contribution in [0.1, 0.15) is 25.3 Å². The molecule has 1 rings (SSSR count). The Morgan fingerprint density at radius 1 is 1.39 bits per heavy atom. The van der Waals surface area contributed by atoms with Crippen molar-refractivity contribution in [3.8, 4) is 0 Å². The van der Waals surface area contributed by atoms with E-state index in [1.807, 2.05) is 37.3 Å². The van der Waals surface area contributed by atoms with E-state index in [2.05, 4.69) is 5.32 Å². The SMILES string of the molecule is C[C@H](CO)CCCNC(=O)OCc1ccccc1. The number of amides is 1. The number of hydrogen-bond acceptors (Lipinski definition) is 3. The molecule has 4 heteroatoms. The molecule has 0 saturated carbocycles. The fraction of sp³-hybridized carbons (Fsp3) is 0.500. The molecule has 1 atom stereocenters. The molecule has 1 amide bonds. The first-order valence-corrected chi connectivity index (χ1v) is 6.27. The van der Waals surface area contributed by atoms with E-state index in [0.717, 1.165) is 18.4 Å². The van der Waals surface area contributed by atoms with Gasteiger partial charge in [0.2, 0.25) is 0 Å². The number of aliphatic hydroxyl groups excluding tert-OH is 1. The number of rotatable bonds is 7. The van der Waals surface area contributed by atoms with E-state index in [-0.39, 0.29) is 12.5 Å². The third-order valence-electron chi connectivity index (χ3n) is 2.67. The van der Waals surface area contributed by atoms with E-state index in [1.54, 1.807) is 0 Å². The smallest absolute Gasteiger partial charge is 0.407 e. The van der Waals surface area contributed by atoms with E-state index in [9.17, 15) is 4.79 Å². The van der Waals surface area contributed by atoms with E-state index in [0.29, 0.717) is 13.2 Å². The summed E-state index contributed by atoms with van der Waals surface area (Å²) in [6.45, 7) is 3.05. The molecule has 1 aromatic rings. The van der Waals surface area contributed by atoms with Gasteiger partial charge in [-0.15, -0.1) is 0 Å². The lowest BCUT2D eigenvalue weighted by Gasteiger charge is -2.09. The third kappa shape index (κ3) is 6.25. The van der Waals surface area contributed by atoms with Crippen LogP contribution < -0.4 is 5.32 Å². The standard InChI is InChI=1S/C14H21NO3/c1-12(10-16)6-5-9-15-14(17)18-11-13-7-3-2-4-8-13/h2-4,7-8,12,16H,5-6,9-11H2,1H3,(H,15,17)/t12-/m0/s1. The van der Waals surface area contributed by atoms with Gasteiger partial charge in [0, 0.05) is 13.2 Å². The van der Waals surface area contributed by atoms with Crippen LogP contribution in [0.2, 0.25) is 0 Å². The Hall–Kier alpha value is -1.55. The van der Waals surface area contributed by atoms with Crippen LogP contribution in [-0.2, 0) is 11.3 Å². The van der Waals surface area contributed by atoms with E-state index >= 15 is 0 Å². The first kappa shape index (κ1) is 14.5. The van der Waals surface area contributed by atoms with Gasteiger partial charge in [-0.1, -0.05) is 37.3 Å². The molecule has 0 spiro atoms. The molecule has 0 bridgehead atoms. The lowest BCUT2D eigenvalue weighted by atomic mass is 10.1. The second-order valence-electron chi connectivity index (χ2n) is 4.42. The number of aliphatic hydroxyl groups is 1. The van der Waals surface area contributed by atoms with Crippen LogP contribution in [0, 0.1) is 5.92 Å². The van der Waals surface area contributed by atoms with Crippen molar-refractivity contribution in [2.45, 2.75) is 26.4 Å². The van der Waals surface area contributed by atoms with Gasteiger partial charge in [-0.05, 0) is 24.3 Å². The highest BCUT2D eigenvalue weighted by molar-refractivity contribution is 5.67. The molecule has 0 aliphatic heterocycles. The maximum absolute atomic E-state index is 11.3. The van der Waals surface area contributed by atoms with Gasteiger partial charge >= 0.3 is 6.09 Å². The maximum atomic E-state index is 11.3. The summed E-state index contributed by atoms with van der Waals surface area (Å²) < 4.78 is 5.06. The molecule has 100 valence electrons. The lowest BCUT2D eigenvalue weighted by molar-refractivity contribution is 0.139. The van der Waals surface area contributed by atoms with E-state index in [4.69, 9.17) is 9.84 Å². The van der Waals surface area contributed by atoms with Gasteiger partial charge in [-0.2, -0.15) is 0 Å². The summed E-state index contributed by atoms with van der Waals surface area (Å²) in [6.07, 6.45) is 1.35. The fourth-order valence-electron chi connectivity index (χ4n) is 1.51. The number of carbonyl (C=O) groups is 1. The molecule has 0 radical (unpaired) electrons. The quantitative estimate of drug-likeness (QED) is 0.731. The zero-order valence-electron chi connectivity index (χ0n) is 10.8. The van der Waals surface area contributed by atoms with E-state index in [1.165, 1.54) is 0 Å². The minimum absolute atomic E-state index is 0.193. The lowest BCUT2D eigenvalue weighted by Crippen LogP contribution is -2.25. The summed E-state index contributed by atoms with van der Waals surface area (Å²) in [7, 11) is 0. The Morgan fingerprint density at radius 2 is 2.11 bits per heavy atom. The van der Waals surface area contributed by atoms with E-state index < -0.39 is 6.09 Å². The van der Waals surface area contributed by atoms with Gasteiger partial charge in [-0.25, -0.2) is 4.79 Å². The number of ether oxygens (including phenoxy) is 1. The van der Waals surface area contributed by atoms with Gasteiger partial charge in [0.1, 0.15) is 6.61 Å². The topological polar surface area (TPSA) is 58.6 Å². The highest BCUT2D eigenvalue weighted by Crippen LogP contribution is 2.03. The molecule has 2 N–H and O–H groups in total. The van der Waals surface area contributed by atoms with Crippen LogP contribution in [0.15, 0.2) is 30.3 Å². The molecule has 0 aromatic heterocycles. The third-order valence-corrected chi connectivity index (χ3v) is 2.67. The number of carbonyl (C=O) groups excluding carboxylic acids is 1. The number of hydrogen-bond donors (Lipinski definition) is 2. The molecule has 1 aromatic carbocycles. The highest BCUT2D eigenvalue weighted by Gasteiger charge is 2.03. The summed E-state index contributed by atoms with van der Waals surface area (Å²) in [5.74, 6) is 0.284. The summed E-state index contributed by atoms with van der Waals surface area (Å²) in [5.41, 5.74) is 0.974. The molecule has 0 heterocycles. The van der Waals surface area contributed by atoms with Crippen LogP contribution in [0.25, 0.3) is 0 Å². The predicted molar refractivity (Wildman–Crippen MR) is 70.1 cm³/mol. The van der Waals surface area contributed by atoms with Crippen LogP contribution >= 0.6 is 0 Å². The molecule has 4 nitrogen and oxygen atoms in total. The number of benzene rings is 1. The molecule has 0 aliphatic carbocycles. The van der Waals surface area contributed by atoms with Crippen molar-refractivity contribution >= 4 is 6.09 Å². The summed E-state index contributed by atoms with van der Waals surface area (Å²) in [6, 6.07) is 9.57. The normalized spacial score (nSPS) is 11.9. The van der Waals surface area contributed by atoms with Crippen molar-refractivity contribution in [1.82, 2.24) is 5.32 Å². The Morgan fingerprint density at radius 3 is 2.78 bits per heavy atom. The van der Waals surface area contributed by atoms with Gasteiger partial charge < -0.3 is 15.2 Å². The summed E-state index contributed by atoms with van der Waals surface area (Å²) >= 11 is 0. The van der Waals surface area contributed by atoms with Crippen molar-refractivity contribution in [2.75, 3.05) is 13.2 Å². The second kappa shape index (κ2) is 8.53. The molecule has 0 unspecified atom stereocenters. The average molecular weight is 251 g/mol. The molecular formula is C14H21NO3. The Labute approximate surface area is 108 Å². The fourth-order valence-corrected chi connectivity index (χ4v) is 1.51. The highest BCUT2D eigenvalue weighted by atomic mass is 16.5. The molecule has 0 aliphatic rings. The number of nitrogens with one attached hydrogen (secondary N) is 1. The van der Waals surface area contributed by atoms with Crippen molar-refractivity contribution in [2.24, 2.45) is 5.92 Å². The molecule has 0 fully saturated rings. The monoisotopic (exact) mass is 251 g/mol. The Balaban J connectivity index is 2.07. The predicted octanol–water partition coefficient (Wildman–Crippen LogP) is 2.32. The zero-order chi connectivity index (χ0) is 13.2. The minimum atomic E-state index is -0.393. The van der Waals surface area contributed by atoms with Gasteiger partial charge in [0.15, 0.2) is 0 Å². The van der Waals surface area contributed by atoms with Crippen LogP contribution in [0.5, 0.6) is 0 Å². The maximum Gasteiger partial charge on any atom is 0.407 e. The molecular weight excluding hydrogens is 230 g/mol. The molecule has 0 saturated heterocycles. The van der Waals surface area contributed by atoms with Crippen LogP contribution in [-0.4, -0.2) is 24.4 Å². The van der Waals surface area contributed by atoms with Gasteiger partial charge in [-0.3, -0.25) is 0 Å². The minimum Gasteiger partial charge on any atom is -0.445 e. The van der Waals surface area contributed by atoms with Crippen LogP contribution in [0.3, 0.4) is 0 Å². The molecule has 18 heavy (non-hydrogen) atoms. The van der Waals surface area contributed by atoms with Crippen molar-refractivity contribution in [1.29, 1.82) is 0 Å². The van der Waals surface area contributed by atoms with Crippen molar-refractivity contribution in [3.63, 3.8) is 0 Å². The van der Waals surface area contributed by atoms with Crippen LogP contribution in [0.4, 0.5) is 4.79 Å². The van der Waals surface area contributed by atoms with Crippen molar-refractivity contribution < 1.29 is 14.6 Å². The second-order valence-corrected chi connectivity index (χ2v) is 4.42. The summed E-state index contributed by atoms with van der Waals surface area (Å²) in [4.78, 5) is 11.3. The largest absolute Gasteiger partial charge is 0.445 e. The first-order valence-electron chi connectivity index (χ1n) is 6.27. The van der Waals surface area contributed by atoms with Gasteiger partial charge in [0.25, 0.3) is 0 Å². The Kier molecular flexibility index (Phi) is 6.87. The Bertz CT molecular complexity index is 340. The van der Waals surface area contributed by atoms with Gasteiger partial charge in [0.05, 0.1) is 0 Å². The average Bonchev–Trinajstić information content (AvgIpc) is 2.42. The number of alkyl carbamates (subject to hydrolysis) is 1. The summed E-state index contributed by atoms with van der Waals surface area (Å²) in [5, 5.41) is 11.5. The first-order chi connectivity index (χ1) is 8.72.